The van der Waals surface area contributed by atoms with E-state index in [0.29, 0.717) is 17.1 Å². The first-order valence-corrected chi connectivity index (χ1v) is 7.99. The molecule has 2 heterocycles. The monoisotopic (exact) mass is 375 g/mol. The number of halogens is 2. The lowest BCUT2D eigenvalue weighted by atomic mass is 10.2. The summed E-state index contributed by atoms with van der Waals surface area (Å²) < 4.78 is 20.5. The van der Waals surface area contributed by atoms with Gasteiger partial charge in [-0.25, -0.2) is 14.1 Å². The van der Waals surface area contributed by atoms with E-state index in [1.165, 1.54) is 30.0 Å². The van der Waals surface area contributed by atoms with Crippen LogP contribution in [0.1, 0.15) is 21.9 Å². The minimum Gasteiger partial charge on any atom is -0.493 e. The van der Waals surface area contributed by atoms with E-state index in [9.17, 15) is 9.18 Å². The van der Waals surface area contributed by atoms with Crippen molar-refractivity contribution in [1.82, 2.24) is 20.0 Å². The summed E-state index contributed by atoms with van der Waals surface area (Å²) in [6.45, 7) is 3.41. The molecule has 3 rings (SSSR count). The molecule has 0 aliphatic rings. The molecule has 0 saturated heterocycles. The van der Waals surface area contributed by atoms with Crippen molar-refractivity contribution in [2.24, 2.45) is 0 Å². The van der Waals surface area contributed by atoms with E-state index in [1.54, 1.807) is 26.0 Å². The summed E-state index contributed by atoms with van der Waals surface area (Å²) in [5.41, 5.74) is 1.27. The van der Waals surface area contributed by atoms with Crippen molar-refractivity contribution in [1.29, 1.82) is 0 Å². The van der Waals surface area contributed by atoms with Gasteiger partial charge in [-0.2, -0.15) is 0 Å². The summed E-state index contributed by atoms with van der Waals surface area (Å²) in [6.07, 6.45) is 0. The van der Waals surface area contributed by atoms with E-state index in [1.807, 2.05) is 0 Å². The van der Waals surface area contributed by atoms with E-state index in [0.717, 1.165) is 0 Å². The van der Waals surface area contributed by atoms with Crippen molar-refractivity contribution in [3.05, 3.63) is 58.3 Å². The Bertz CT molecular complexity index is 989. The Labute approximate surface area is 153 Å². The first kappa shape index (κ1) is 17.8. The van der Waals surface area contributed by atoms with Crippen molar-refractivity contribution >= 4 is 23.3 Å². The Kier molecular flexibility index (Phi) is 4.85. The van der Waals surface area contributed by atoms with Crippen LogP contribution in [-0.2, 0) is 0 Å². The maximum absolute atomic E-state index is 14.1. The molecule has 1 amide bonds. The van der Waals surface area contributed by atoms with Crippen LogP contribution in [-0.4, -0.2) is 33.0 Å². The van der Waals surface area contributed by atoms with Crippen molar-refractivity contribution in [2.45, 2.75) is 13.8 Å². The average molecular weight is 376 g/mol. The second kappa shape index (κ2) is 7.09. The Hall–Kier alpha value is -3.00. The van der Waals surface area contributed by atoms with Crippen molar-refractivity contribution < 1.29 is 13.9 Å². The molecule has 0 unspecified atom stereocenters. The fraction of sp³-hybridized carbons (Fsp3) is 0.176. The molecule has 0 saturated carbocycles. The fourth-order valence-electron chi connectivity index (χ4n) is 2.39. The van der Waals surface area contributed by atoms with Crippen LogP contribution in [0, 0.1) is 19.7 Å². The van der Waals surface area contributed by atoms with Crippen molar-refractivity contribution in [3.8, 4) is 11.4 Å². The number of aryl methyl sites for hydroxylation is 1. The fourth-order valence-corrected chi connectivity index (χ4v) is 2.54. The summed E-state index contributed by atoms with van der Waals surface area (Å²) in [5, 5.41) is 10.6. The number of rotatable bonds is 4. The largest absolute Gasteiger partial charge is 0.493 e. The standard InChI is InChI=1S/C17H15ClFN5O2/c1-9-4-7-14(26-3)16(20-9)21-17(25)15-10(2)24(23-22-15)13-6-5-11(18)8-12(13)19/h4-8H,1-3H3,(H,20,21,25). The van der Waals surface area contributed by atoms with Crippen LogP contribution >= 0.6 is 11.6 Å². The second-order valence-electron chi connectivity index (χ2n) is 5.49. The molecular formula is C17H15ClFN5O2. The first-order valence-electron chi connectivity index (χ1n) is 7.61. The highest BCUT2D eigenvalue weighted by Gasteiger charge is 2.20. The number of ether oxygens (including phenoxy) is 1. The molecule has 0 atom stereocenters. The molecule has 2 aromatic heterocycles. The summed E-state index contributed by atoms with van der Waals surface area (Å²) in [7, 11) is 1.48. The zero-order valence-corrected chi connectivity index (χ0v) is 15.0. The van der Waals surface area contributed by atoms with Crippen LogP contribution in [0.5, 0.6) is 5.75 Å². The van der Waals surface area contributed by atoms with Gasteiger partial charge in [-0.15, -0.1) is 5.10 Å². The molecule has 26 heavy (non-hydrogen) atoms. The maximum Gasteiger partial charge on any atom is 0.279 e. The van der Waals surface area contributed by atoms with Gasteiger partial charge in [0.05, 0.1) is 12.8 Å². The zero-order valence-electron chi connectivity index (χ0n) is 14.2. The molecule has 0 bridgehead atoms. The van der Waals surface area contributed by atoms with E-state index in [4.69, 9.17) is 16.3 Å². The third-order valence-corrected chi connectivity index (χ3v) is 3.93. The van der Waals surface area contributed by atoms with Gasteiger partial charge in [0.2, 0.25) is 0 Å². The first-order chi connectivity index (χ1) is 12.4. The van der Waals surface area contributed by atoms with Gasteiger partial charge in [0.25, 0.3) is 5.91 Å². The molecule has 0 spiro atoms. The molecule has 0 fully saturated rings. The third-order valence-electron chi connectivity index (χ3n) is 3.70. The van der Waals surface area contributed by atoms with Crippen LogP contribution in [0.2, 0.25) is 5.02 Å². The topological polar surface area (TPSA) is 81.9 Å². The van der Waals surface area contributed by atoms with Gasteiger partial charge in [0, 0.05) is 10.7 Å². The third kappa shape index (κ3) is 3.36. The average Bonchev–Trinajstić information content (AvgIpc) is 2.96. The molecule has 9 heteroatoms. The zero-order chi connectivity index (χ0) is 18.8. The lowest BCUT2D eigenvalue weighted by Gasteiger charge is -2.09. The highest BCUT2D eigenvalue weighted by atomic mass is 35.5. The number of pyridine rings is 1. The number of aromatic nitrogens is 4. The summed E-state index contributed by atoms with van der Waals surface area (Å²) in [6, 6.07) is 7.62. The summed E-state index contributed by atoms with van der Waals surface area (Å²) >= 11 is 5.76. The van der Waals surface area contributed by atoms with E-state index >= 15 is 0 Å². The molecule has 1 N–H and O–H groups in total. The van der Waals surface area contributed by atoms with Gasteiger partial charge in [0.1, 0.15) is 11.5 Å². The van der Waals surface area contributed by atoms with E-state index in [2.05, 4.69) is 20.6 Å². The van der Waals surface area contributed by atoms with E-state index < -0.39 is 11.7 Å². The predicted molar refractivity (Wildman–Crippen MR) is 94.5 cm³/mol. The number of carbonyl (C=O) groups is 1. The maximum atomic E-state index is 14.1. The number of methoxy groups -OCH3 is 1. The number of anilines is 1. The van der Waals surface area contributed by atoms with E-state index in [-0.39, 0.29) is 22.2 Å². The van der Waals surface area contributed by atoms with Gasteiger partial charge in [-0.1, -0.05) is 16.8 Å². The number of hydrogen-bond donors (Lipinski definition) is 1. The number of amides is 1. The molecular weight excluding hydrogens is 361 g/mol. The molecule has 1 aromatic carbocycles. The lowest BCUT2D eigenvalue weighted by molar-refractivity contribution is 0.102. The van der Waals surface area contributed by atoms with Crippen LogP contribution < -0.4 is 10.1 Å². The number of nitrogens with zero attached hydrogens (tertiary/aromatic N) is 4. The summed E-state index contributed by atoms with van der Waals surface area (Å²) in [4.78, 5) is 16.8. The Morgan fingerprint density at radius 1 is 1.27 bits per heavy atom. The van der Waals surface area contributed by atoms with Crippen LogP contribution in [0.15, 0.2) is 30.3 Å². The molecule has 3 aromatic rings. The molecule has 7 nitrogen and oxygen atoms in total. The molecule has 0 radical (unpaired) electrons. The van der Waals surface area contributed by atoms with Gasteiger partial charge in [-0.05, 0) is 44.2 Å². The van der Waals surface area contributed by atoms with Gasteiger partial charge >= 0.3 is 0 Å². The quantitative estimate of drug-likeness (QED) is 0.756. The number of carbonyl (C=O) groups excluding carboxylic acids is 1. The van der Waals surface area contributed by atoms with Gasteiger partial charge < -0.3 is 10.1 Å². The summed E-state index contributed by atoms with van der Waals surface area (Å²) in [5.74, 6) is -0.416. The number of nitrogens with one attached hydrogen (secondary N) is 1. The Morgan fingerprint density at radius 2 is 2.04 bits per heavy atom. The predicted octanol–water partition coefficient (Wildman–Crippen LogP) is 3.33. The highest BCUT2D eigenvalue weighted by molar-refractivity contribution is 6.30. The van der Waals surface area contributed by atoms with Crippen LogP contribution in [0.4, 0.5) is 10.2 Å². The van der Waals surface area contributed by atoms with Crippen LogP contribution in [0.3, 0.4) is 0 Å². The van der Waals surface area contributed by atoms with Gasteiger partial charge in [-0.3, -0.25) is 4.79 Å². The van der Waals surface area contributed by atoms with Gasteiger partial charge in [0.15, 0.2) is 17.3 Å². The number of hydrogen-bond acceptors (Lipinski definition) is 5. The van der Waals surface area contributed by atoms with Crippen molar-refractivity contribution in [3.63, 3.8) is 0 Å². The SMILES string of the molecule is COc1ccc(C)nc1NC(=O)c1nnn(-c2ccc(Cl)cc2F)c1C. The second-order valence-corrected chi connectivity index (χ2v) is 5.93. The Morgan fingerprint density at radius 3 is 2.73 bits per heavy atom. The molecule has 0 aliphatic carbocycles. The number of benzene rings is 1. The van der Waals surface area contributed by atoms with Crippen LogP contribution in [0.25, 0.3) is 5.69 Å². The minimum atomic E-state index is -0.570. The van der Waals surface area contributed by atoms with Crippen molar-refractivity contribution in [2.75, 3.05) is 12.4 Å². The smallest absolute Gasteiger partial charge is 0.279 e. The highest BCUT2D eigenvalue weighted by Crippen LogP contribution is 2.23. The minimum absolute atomic E-state index is 0.0460. The lowest BCUT2D eigenvalue weighted by Crippen LogP contribution is -2.16. The molecule has 134 valence electrons. The normalized spacial score (nSPS) is 10.7. The Balaban J connectivity index is 1.93. The molecule has 0 aliphatic heterocycles.